The molecule has 0 unspecified atom stereocenters. The van der Waals surface area contributed by atoms with Crippen LogP contribution in [0.1, 0.15) is 19.3 Å². The molecule has 0 spiro atoms. The number of piperidine rings is 1. The van der Waals surface area contributed by atoms with E-state index in [4.69, 9.17) is 9.47 Å². The van der Waals surface area contributed by atoms with Crippen molar-refractivity contribution >= 4 is 21.4 Å². The highest BCUT2D eigenvalue weighted by Gasteiger charge is 2.23. The largest absolute Gasteiger partial charge is 0.497 e. The Kier molecular flexibility index (Phi) is 5.56. The number of anilines is 2. The van der Waals surface area contributed by atoms with Crippen molar-refractivity contribution in [1.82, 2.24) is 0 Å². The molecule has 2 aromatic carbocycles. The number of nitrogens with one attached hydrogen (secondary N) is 1. The number of para-hydroxylation sites is 2. The molecule has 140 valence electrons. The number of benzene rings is 2. The van der Waals surface area contributed by atoms with Gasteiger partial charge in [-0.05, 0) is 43.5 Å². The second-order valence-corrected chi connectivity index (χ2v) is 7.84. The third-order valence-electron chi connectivity index (χ3n) is 4.51. The Bertz CT molecular complexity index is 862. The number of sulfonamides is 1. The van der Waals surface area contributed by atoms with E-state index in [0.717, 1.165) is 31.6 Å². The Morgan fingerprint density at radius 1 is 0.962 bits per heavy atom. The van der Waals surface area contributed by atoms with Crippen molar-refractivity contribution < 1.29 is 17.9 Å². The first-order chi connectivity index (χ1) is 12.5. The Morgan fingerprint density at radius 2 is 1.69 bits per heavy atom. The van der Waals surface area contributed by atoms with Crippen LogP contribution in [0.25, 0.3) is 0 Å². The zero-order valence-electron chi connectivity index (χ0n) is 15.1. The van der Waals surface area contributed by atoms with Crippen molar-refractivity contribution in [3.8, 4) is 11.5 Å². The number of methoxy groups -OCH3 is 2. The molecule has 1 saturated heterocycles. The zero-order chi connectivity index (χ0) is 18.6. The Morgan fingerprint density at radius 3 is 2.38 bits per heavy atom. The third kappa shape index (κ3) is 3.88. The molecule has 6 nitrogen and oxygen atoms in total. The summed E-state index contributed by atoms with van der Waals surface area (Å²) in [6.45, 7) is 1.86. The smallest absolute Gasteiger partial charge is 0.265 e. The van der Waals surface area contributed by atoms with Crippen molar-refractivity contribution in [2.24, 2.45) is 0 Å². The molecule has 1 fully saturated rings. The molecule has 0 bridgehead atoms. The van der Waals surface area contributed by atoms with Gasteiger partial charge in [-0.1, -0.05) is 12.1 Å². The third-order valence-corrected chi connectivity index (χ3v) is 5.89. The molecule has 3 rings (SSSR count). The molecule has 2 aromatic rings. The van der Waals surface area contributed by atoms with Gasteiger partial charge in [0.1, 0.15) is 16.4 Å². The van der Waals surface area contributed by atoms with Gasteiger partial charge in [-0.3, -0.25) is 4.72 Å². The van der Waals surface area contributed by atoms with Crippen LogP contribution in [0.15, 0.2) is 47.4 Å². The predicted molar refractivity (Wildman–Crippen MR) is 103 cm³/mol. The van der Waals surface area contributed by atoms with Gasteiger partial charge in [0.2, 0.25) is 0 Å². The molecule has 0 radical (unpaired) electrons. The molecule has 1 aliphatic heterocycles. The molecule has 0 saturated carbocycles. The van der Waals surface area contributed by atoms with Crippen LogP contribution < -0.4 is 19.1 Å². The molecule has 7 heteroatoms. The Hall–Kier alpha value is -2.41. The first-order valence-electron chi connectivity index (χ1n) is 8.64. The van der Waals surface area contributed by atoms with Crippen LogP contribution in [0.4, 0.5) is 11.4 Å². The minimum Gasteiger partial charge on any atom is -0.497 e. The van der Waals surface area contributed by atoms with Gasteiger partial charge in [-0.2, -0.15) is 0 Å². The first kappa shape index (κ1) is 18.4. The summed E-state index contributed by atoms with van der Waals surface area (Å²) in [7, 11) is -0.887. The summed E-state index contributed by atoms with van der Waals surface area (Å²) in [6.07, 6.45) is 3.45. The van der Waals surface area contributed by atoms with Crippen LogP contribution in [-0.2, 0) is 10.0 Å². The van der Waals surface area contributed by atoms with E-state index in [0.29, 0.717) is 11.4 Å². The lowest BCUT2D eigenvalue weighted by atomic mass is 10.1. The summed E-state index contributed by atoms with van der Waals surface area (Å²) in [5.41, 5.74) is 1.47. The van der Waals surface area contributed by atoms with Crippen LogP contribution in [0, 0.1) is 0 Å². The van der Waals surface area contributed by atoms with Crippen LogP contribution >= 0.6 is 0 Å². The summed E-state index contributed by atoms with van der Waals surface area (Å²) in [5, 5.41) is 0. The van der Waals surface area contributed by atoms with E-state index in [2.05, 4.69) is 9.62 Å². The van der Waals surface area contributed by atoms with Crippen molar-refractivity contribution in [1.29, 1.82) is 0 Å². The zero-order valence-corrected chi connectivity index (χ0v) is 15.9. The molecule has 26 heavy (non-hydrogen) atoms. The SMILES string of the molecule is COc1ccc(OC)c(S(=O)(=O)Nc2ccccc2N2CCCCC2)c1. The molecule has 0 aliphatic carbocycles. The number of nitrogens with zero attached hydrogens (tertiary/aromatic N) is 1. The lowest BCUT2D eigenvalue weighted by Crippen LogP contribution is -2.30. The van der Waals surface area contributed by atoms with Gasteiger partial charge >= 0.3 is 0 Å². The fourth-order valence-corrected chi connectivity index (χ4v) is 4.42. The lowest BCUT2D eigenvalue weighted by Gasteiger charge is -2.30. The normalized spacial score (nSPS) is 14.8. The van der Waals surface area contributed by atoms with Gasteiger partial charge in [-0.15, -0.1) is 0 Å². The number of ether oxygens (including phenoxy) is 2. The minimum atomic E-state index is -3.83. The minimum absolute atomic E-state index is 0.0489. The lowest BCUT2D eigenvalue weighted by molar-refractivity contribution is 0.392. The van der Waals surface area contributed by atoms with Crippen molar-refractivity contribution in [2.75, 3.05) is 36.9 Å². The average molecular weight is 376 g/mol. The van der Waals surface area contributed by atoms with Crippen molar-refractivity contribution in [3.05, 3.63) is 42.5 Å². The summed E-state index contributed by atoms with van der Waals surface area (Å²) in [6, 6.07) is 12.2. The summed E-state index contributed by atoms with van der Waals surface area (Å²) in [4.78, 5) is 2.28. The standard InChI is InChI=1S/C19H24N2O4S/c1-24-15-10-11-18(25-2)19(14-15)26(22,23)20-16-8-4-5-9-17(16)21-12-6-3-7-13-21/h4-5,8-11,14,20H,3,6-7,12-13H2,1-2H3. The Labute approximate surface area is 154 Å². The number of hydrogen-bond donors (Lipinski definition) is 1. The first-order valence-corrected chi connectivity index (χ1v) is 10.1. The van der Waals surface area contributed by atoms with Gasteiger partial charge in [0.05, 0.1) is 25.6 Å². The van der Waals surface area contributed by atoms with Gasteiger partial charge in [-0.25, -0.2) is 8.42 Å². The van der Waals surface area contributed by atoms with Crippen LogP contribution in [0.3, 0.4) is 0 Å². The maximum atomic E-state index is 13.0. The maximum absolute atomic E-state index is 13.0. The fraction of sp³-hybridized carbons (Fsp3) is 0.368. The number of rotatable bonds is 6. The van der Waals surface area contributed by atoms with E-state index in [9.17, 15) is 8.42 Å². The van der Waals surface area contributed by atoms with Gasteiger partial charge in [0.25, 0.3) is 10.0 Å². The monoisotopic (exact) mass is 376 g/mol. The van der Waals surface area contributed by atoms with E-state index in [1.54, 1.807) is 18.2 Å². The number of hydrogen-bond acceptors (Lipinski definition) is 5. The van der Waals surface area contributed by atoms with Crippen molar-refractivity contribution in [2.45, 2.75) is 24.2 Å². The van der Waals surface area contributed by atoms with Gasteiger partial charge in [0, 0.05) is 19.2 Å². The summed E-state index contributed by atoms with van der Waals surface area (Å²) in [5.74, 6) is 0.726. The highest BCUT2D eigenvalue weighted by atomic mass is 32.2. The molecule has 0 amide bonds. The second kappa shape index (κ2) is 7.86. The van der Waals surface area contributed by atoms with Gasteiger partial charge < -0.3 is 14.4 Å². The summed E-state index contributed by atoms with van der Waals surface area (Å²) >= 11 is 0. The topological polar surface area (TPSA) is 67.9 Å². The molecule has 0 aromatic heterocycles. The van der Waals surface area contributed by atoms with E-state index in [-0.39, 0.29) is 10.6 Å². The molecule has 0 atom stereocenters. The molecule has 1 heterocycles. The summed E-state index contributed by atoms with van der Waals surface area (Å²) < 4.78 is 39.2. The van der Waals surface area contributed by atoms with Crippen LogP contribution in [0.2, 0.25) is 0 Å². The van der Waals surface area contributed by atoms with E-state index in [1.165, 1.54) is 26.7 Å². The fourth-order valence-electron chi connectivity index (χ4n) is 3.16. The molecule has 1 N–H and O–H groups in total. The van der Waals surface area contributed by atoms with Crippen LogP contribution in [-0.4, -0.2) is 35.7 Å². The highest BCUT2D eigenvalue weighted by Crippen LogP contribution is 2.33. The molecular formula is C19H24N2O4S. The van der Waals surface area contributed by atoms with Crippen LogP contribution in [0.5, 0.6) is 11.5 Å². The highest BCUT2D eigenvalue weighted by molar-refractivity contribution is 7.92. The average Bonchev–Trinajstić information content (AvgIpc) is 2.68. The predicted octanol–water partition coefficient (Wildman–Crippen LogP) is 3.49. The molecular weight excluding hydrogens is 352 g/mol. The Balaban J connectivity index is 1.96. The van der Waals surface area contributed by atoms with Gasteiger partial charge in [0.15, 0.2) is 0 Å². The van der Waals surface area contributed by atoms with E-state index in [1.807, 2.05) is 18.2 Å². The quantitative estimate of drug-likeness (QED) is 0.836. The van der Waals surface area contributed by atoms with E-state index < -0.39 is 10.0 Å². The van der Waals surface area contributed by atoms with Crippen molar-refractivity contribution in [3.63, 3.8) is 0 Å². The van der Waals surface area contributed by atoms with E-state index >= 15 is 0 Å². The molecule has 1 aliphatic rings. The second-order valence-electron chi connectivity index (χ2n) is 6.19. The maximum Gasteiger partial charge on any atom is 0.265 e.